The van der Waals surface area contributed by atoms with Gasteiger partial charge in [-0.2, -0.15) is 0 Å². The first-order chi connectivity index (χ1) is 17.4. The van der Waals surface area contributed by atoms with Crippen molar-refractivity contribution in [2.75, 3.05) is 30.4 Å². The molecule has 12 nitrogen and oxygen atoms in total. The van der Waals surface area contributed by atoms with E-state index >= 15 is 0 Å². The second-order valence-corrected chi connectivity index (χ2v) is 8.70. The molecular weight excluding hydrogens is 462 g/mol. The Morgan fingerprint density at radius 2 is 1.67 bits per heavy atom. The van der Waals surface area contributed by atoms with E-state index in [9.17, 15) is 10.2 Å². The predicted octanol–water partition coefficient (Wildman–Crippen LogP) is 1.18. The minimum atomic E-state index is -1.11. The summed E-state index contributed by atoms with van der Waals surface area (Å²) in [5.41, 5.74) is 22.2. The van der Waals surface area contributed by atoms with Crippen LogP contribution in [-0.4, -0.2) is 59.7 Å². The summed E-state index contributed by atoms with van der Waals surface area (Å²) in [6, 6.07) is 11.6. The van der Waals surface area contributed by atoms with Crippen molar-refractivity contribution in [3.05, 3.63) is 49.1 Å². The van der Waals surface area contributed by atoms with Crippen LogP contribution in [0.5, 0.6) is 0 Å². The summed E-state index contributed by atoms with van der Waals surface area (Å²) >= 11 is 0. The maximum absolute atomic E-state index is 10.5. The molecule has 0 radical (unpaired) electrons. The van der Waals surface area contributed by atoms with Gasteiger partial charge in [0.25, 0.3) is 0 Å². The van der Waals surface area contributed by atoms with E-state index in [2.05, 4.69) is 24.8 Å². The first-order valence-corrected chi connectivity index (χ1v) is 11.5. The van der Waals surface area contributed by atoms with Crippen molar-refractivity contribution in [3.8, 4) is 0 Å². The van der Waals surface area contributed by atoms with Gasteiger partial charge in [-0.05, 0) is 31.2 Å². The fourth-order valence-electron chi connectivity index (χ4n) is 4.47. The number of aliphatic hydroxyl groups excluding tert-OH is 2. The molecule has 0 aliphatic carbocycles. The number of hydrogen-bond acceptors (Lipinski definition) is 10. The second-order valence-electron chi connectivity index (χ2n) is 8.70. The summed E-state index contributed by atoms with van der Waals surface area (Å²) in [5, 5.41) is 25.6. The molecule has 36 heavy (non-hydrogen) atoms. The van der Waals surface area contributed by atoms with E-state index < -0.39 is 25.0 Å². The number of nitrogens with one attached hydrogen (secondary N) is 1. The fraction of sp³-hybridized carbons (Fsp3) is 0.292. The molecule has 0 saturated heterocycles. The monoisotopic (exact) mass is 491 g/mol. The number of nitrogens with zero attached hydrogens (tertiary/aromatic N) is 5. The number of rotatable bonds is 9. The third kappa shape index (κ3) is 4.27. The lowest BCUT2D eigenvalue weighted by molar-refractivity contribution is -0.107. The van der Waals surface area contributed by atoms with E-state index in [1.54, 1.807) is 17.8 Å². The molecule has 9 N–H and O–H groups in total. The first kappa shape index (κ1) is 23.8. The van der Waals surface area contributed by atoms with E-state index in [1.165, 1.54) is 6.33 Å². The standard InChI is InChI=1S/C24H29N9O3/c1-13(32-12-31-22-23(27)29-10-30-24(22)32)36-21(20(35)9-34)8-28-11-33-18-6-14(25)2-4-16(18)17-5-3-15(26)7-19(17)33/h2-7,10,12-13,20-21,28,34-35H,8-9,11,25-26H2,1H3,(H2,27,29,30). The maximum atomic E-state index is 10.5. The zero-order valence-electron chi connectivity index (χ0n) is 19.7. The van der Waals surface area contributed by atoms with E-state index in [0.29, 0.717) is 29.2 Å². The van der Waals surface area contributed by atoms with Crippen molar-refractivity contribution in [3.63, 3.8) is 0 Å². The highest BCUT2D eigenvalue weighted by Gasteiger charge is 2.24. The topological polar surface area (TPSA) is 188 Å². The average molecular weight is 492 g/mol. The van der Waals surface area contributed by atoms with Crippen molar-refractivity contribution in [2.24, 2.45) is 0 Å². The van der Waals surface area contributed by atoms with Crippen molar-refractivity contribution >= 4 is 50.2 Å². The molecule has 5 aromatic rings. The Morgan fingerprint density at radius 3 is 2.31 bits per heavy atom. The number of aromatic nitrogens is 5. The number of ether oxygens (including phenoxy) is 1. The normalized spacial score (nSPS) is 14.5. The van der Waals surface area contributed by atoms with Crippen LogP contribution in [0.1, 0.15) is 13.2 Å². The van der Waals surface area contributed by atoms with E-state index in [4.69, 9.17) is 21.9 Å². The summed E-state index contributed by atoms with van der Waals surface area (Å²) in [4.78, 5) is 12.5. The molecule has 0 fully saturated rings. The molecule has 0 bridgehead atoms. The van der Waals surface area contributed by atoms with Crippen LogP contribution in [0.3, 0.4) is 0 Å². The number of nitrogen functional groups attached to an aromatic ring is 3. The van der Waals surface area contributed by atoms with Crippen LogP contribution in [0.15, 0.2) is 49.1 Å². The van der Waals surface area contributed by atoms with Crippen LogP contribution < -0.4 is 22.5 Å². The number of benzene rings is 2. The molecule has 0 spiro atoms. The summed E-state index contributed by atoms with van der Waals surface area (Å²) in [5.74, 6) is 0.270. The van der Waals surface area contributed by atoms with Gasteiger partial charge in [0, 0.05) is 28.7 Å². The molecule has 0 aliphatic rings. The highest BCUT2D eigenvalue weighted by atomic mass is 16.5. The summed E-state index contributed by atoms with van der Waals surface area (Å²) < 4.78 is 9.90. The van der Waals surface area contributed by atoms with Gasteiger partial charge in [0.2, 0.25) is 0 Å². The molecule has 3 atom stereocenters. The Bertz CT molecular complexity index is 1470. The summed E-state index contributed by atoms with van der Waals surface area (Å²) in [6.45, 7) is 2.00. The van der Waals surface area contributed by atoms with Gasteiger partial charge in [-0.1, -0.05) is 12.1 Å². The number of fused-ring (bicyclic) bond motifs is 4. The molecule has 0 saturated carbocycles. The fourth-order valence-corrected chi connectivity index (χ4v) is 4.47. The highest BCUT2D eigenvalue weighted by molar-refractivity contribution is 6.09. The van der Waals surface area contributed by atoms with Crippen molar-refractivity contribution in [1.82, 2.24) is 29.4 Å². The van der Waals surface area contributed by atoms with Gasteiger partial charge in [-0.15, -0.1) is 0 Å². The second kappa shape index (κ2) is 9.59. The number of imidazole rings is 1. The number of nitrogens with two attached hydrogens (primary N) is 3. The van der Waals surface area contributed by atoms with Crippen LogP contribution in [0.25, 0.3) is 33.0 Å². The molecular formula is C24H29N9O3. The quantitative estimate of drug-likeness (QED) is 0.163. The molecule has 3 heterocycles. The molecule has 12 heteroatoms. The first-order valence-electron chi connectivity index (χ1n) is 11.5. The van der Waals surface area contributed by atoms with Gasteiger partial charge >= 0.3 is 0 Å². The Hall–Kier alpha value is -3.97. The molecule has 3 aromatic heterocycles. The lowest BCUT2D eigenvalue weighted by Gasteiger charge is -2.27. The molecule has 5 rings (SSSR count). The lowest BCUT2D eigenvalue weighted by atomic mass is 10.1. The SMILES string of the molecule is CC(OC(CNCn1c2cc(N)ccc2c2ccc(N)cc21)C(O)CO)n1cnc2c(N)ncnc21. The van der Waals surface area contributed by atoms with Crippen LogP contribution >= 0.6 is 0 Å². The molecule has 2 aromatic carbocycles. The van der Waals surface area contributed by atoms with Gasteiger partial charge in [-0.25, -0.2) is 15.0 Å². The van der Waals surface area contributed by atoms with E-state index in [0.717, 1.165) is 21.8 Å². The van der Waals surface area contributed by atoms with Crippen LogP contribution in [-0.2, 0) is 11.4 Å². The smallest absolute Gasteiger partial charge is 0.167 e. The summed E-state index contributed by atoms with van der Waals surface area (Å²) in [7, 11) is 0. The molecule has 0 aliphatic heterocycles. The Kier molecular flexibility index (Phi) is 6.33. The van der Waals surface area contributed by atoms with E-state index in [1.807, 2.05) is 36.4 Å². The van der Waals surface area contributed by atoms with Crippen LogP contribution in [0.4, 0.5) is 17.2 Å². The third-order valence-corrected chi connectivity index (χ3v) is 6.30. The van der Waals surface area contributed by atoms with Crippen molar-refractivity contribution in [1.29, 1.82) is 0 Å². The van der Waals surface area contributed by atoms with E-state index in [-0.39, 0.29) is 12.4 Å². The molecule has 188 valence electrons. The van der Waals surface area contributed by atoms with Gasteiger partial charge in [-0.3, -0.25) is 9.88 Å². The Labute approximate surface area is 206 Å². The van der Waals surface area contributed by atoms with Gasteiger partial charge in [0.05, 0.1) is 30.6 Å². The average Bonchev–Trinajstić information content (AvgIpc) is 3.43. The molecule has 3 unspecified atom stereocenters. The molecule has 0 amide bonds. The van der Waals surface area contributed by atoms with Crippen LogP contribution in [0, 0.1) is 0 Å². The minimum absolute atomic E-state index is 0.252. The highest BCUT2D eigenvalue weighted by Crippen LogP contribution is 2.31. The lowest BCUT2D eigenvalue weighted by Crippen LogP contribution is -2.42. The van der Waals surface area contributed by atoms with Gasteiger partial charge < -0.3 is 36.7 Å². The summed E-state index contributed by atoms with van der Waals surface area (Å²) in [6.07, 6.45) is 0.521. The number of aliphatic hydroxyl groups is 2. The maximum Gasteiger partial charge on any atom is 0.167 e. The zero-order valence-corrected chi connectivity index (χ0v) is 19.7. The Balaban J connectivity index is 1.37. The van der Waals surface area contributed by atoms with Crippen molar-refractivity contribution in [2.45, 2.75) is 32.0 Å². The third-order valence-electron chi connectivity index (χ3n) is 6.30. The van der Waals surface area contributed by atoms with Crippen LogP contribution in [0.2, 0.25) is 0 Å². The Morgan fingerprint density at radius 1 is 1.00 bits per heavy atom. The predicted molar refractivity (Wildman–Crippen MR) is 139 cm³/mol. The van der Waals surface area contributed by atoms with Gasteiger partial charge in [0.1, 0.15) is 30.3 Å². The number of hydrogen-bond donors (Lipinski definition) is 6. The minimum Gasteiger partial charge on any atom is -0.399 e. The van der Waals surface area contributed by atoms with Gasteiger partial charge in [0.15, 0.2) is 11.5 Å². The zero-order chi connectivity index (χ0) is 25.4. The van der Waals surface area contributed by atoms with Crippen molar-refractivity contribution < 1.29 is 14.9 Å². The number of anilines is 3. The largest absolute Gasteiger partial charge is 0.399 e.